The van der Waals surface area contributed by atoms with Crippen molar-refractivity contribution in [3.63, 3.8) is 0 Å². The topological polar surface area (TPSA) is 49.4 Å². The number of rotatable bonds is 4. The second-order valence-corrected chi connectivity index (χ2v) is 9.14. The highest BCUT2D eigenvalue weighted by molar-refractivity contribution is 9.09. The third kappa shape index (κ3) is 4.69. The van der Waals surface area contributed by atoms with Crippen molar-refractivity contribution in [2.45, 2.75) is 50.3 Å². The van der Waals surface area contributed by atoms with Crippen LogP contribution in [0, 0.1) is 11.8 Å². The number of alkyl halides is 1. The normalized spacial score (nSPS) is 34.3. The van der Waals surface area contributed by atoms with Crippen molar-refractivity contribution in [1.82, 2.24) is 9.03 Å². The zero-order valence-electron chi connectivity index (χ0n) is 11.6. The molecule has 1 heterocycles. The molecular weight excluding hydrogens is 328 g/mol. The maximum absolute atomic E-state index is 12.3. The highest BCUT2D eigenvalue weighted by Gasteiger charge is 2.28. The smallest absolute Gasteiger partial charge is 0.202 e. The number of nitrogens with one attached hydrogen (secondary N) is 1. The summed E-state index contributed by atoms with van der Waals surface area (Å²) in [4.78, 5) is 0.561. The summed E-state index contributed by atoms with van der Waals surface area (Å²) in [7, 11) is -3.27. The van der Waals surface area contributed by atoms with Crippen LogP contribution in [0.2, 0.25) is 0 Å². The minimum absolute atomic E-state index is 0.479. The summed E-state index contributed by atoms with van der Waals surface area (Å²) in [5.74, 6) is 0.960. The Bertz CT molecular complexity index is 388. The number of halogens is 1. The van der Waals surface area contributed by atoms with Gasteiger partial charge in [-0.3, -0.25) is 0 Å². The SMILES string of the molecule is CC1CCCN(S(=O)(=O)NCC2CCCC(Br)C2)C1. The van der Waals surface area contributed by atoms with Gasteiger partial charge in [0.05, 0.1) is 0 Å². The Kier molecular flexibility index (Phi) is 5.69. The molecule has 0 aromatic heterocycles. The maximum atomic E-state index is 12.3. The Balaban J connectivity index is 1.83. The molecule has 19 heavy (non-hydrogen) atoms. The molecule has 2 aliphatic rings. The lowest BCUT2D eigenvalue weighted by Crippen LogP contribution is -2.47. The van der Waals surface area contributed by atoms with E-state index < -0.39 is 10.2 Å². The van der Waals surface area contributed by atoms with E-state index in [4.69, 9.17) is 0 Å². The van der Waals surface area contributed by atoms with Crippen molar-refractivity contribution < 1.29 is 8.42 Å². The van der Waals surface area contributed by atoms with Crippen LogP contribution in [-0.2, 0) is 10.2 Å². The summed E-state index contributed by atoms with van der Waals surface area (Å²) in [5.41, 5.74) is 0. The quantitative estimate of drug-likeness (QED) is 0.790. The molecule has 1 saturated heterocycles. The van der Waals surface area contributed by atoms with Gasteiger partial charge in [-0.1, -0.05) is 29.3 Å². The first-order chi connectivity index (χ1) is 8.97. The van der Waals surface area contributed by atoms with Gasteiger partial charge in [0.25, 0.3) is 10.2 Å². The Hall–Kier alpha value is 0.350. The van der Waals surface area contributed by atoms with E-state index in [2.05, 4.69) is 27.6 Å². The van der Waals surface area contributed by atoms with Gasteiger partial charge in [-0.25, -0.2) is 4.72 Å². The summed E-state index contributed by atoms with van der Waals surface area (Å²) in [6, 6.07) is 0. The van der Waals surface area contributed by atoms with Gasteiger partial charge in [0.2, 0.25) is 0 Å². The van der Waals surface area contributed by atoms with Crippen LogP contribution >= 0.6 is 15.9 Å². The van der Waals surface area contributed by atoms with Gasteiger partial charge in [-0.2, -0.15) is 12.7 Å². The molecule has 0 amide bonds. The molecule has 3 atom stereocenters. The lowest BCUT2D eigenvalue weighted by Gasteiger charge is -2.31. The summed E-state index contributed by atoms with van der Waals surface area (Å²) in [6.07, 6.45) is 6.75. The Labute approximate surface area is 125 Å². The molecule has 1 saturated carbocycles. The monoisotopic (exact) mass is 352 g/mol. The Morgan fingerprint density at radius 2 is 2.05 bits per heavy atom. The highest BCUT2D eigenvalue weighted by Crippen LogP contribution is 2.28. The average molecular weight is 353 g/mol. The Morgan fingerprint density at radius 1 is 1.26 bits per heavy atom. The van der Waals surface area contributed by atoms with Crippen molar-refractivity contribution in [3.05, 3.63) is 0 Å². The third-order valence-corrected chi connectivity index (χ3v) is 6.61. The zero-order valence-corrected chi connectivity index (χ0v) is 14.0. The van der Waals surface area contributed by atoms with Crippen LogP contribution in [0.5, 0.6) is 0 Å². The van der Waals surface area contributed by atoms with Crippen LogP contribution in [0.4, 0.5) is 0 Å². The summed E-state index contributed by atoms with van der Waals surface area (Å²) in [5, 5.41) is 0. The lowest BCUT2D eigenvalue weighted by molar-refractivity contribution is 0.275. The average Bonchev–Trinajstić information content (AvgIpc) is 2.37. The highest BCUT2D eigenvalue weighted by atomic mass is 79.9. The van der Waals surface area contributed by atoms with Crippen LogP contribution in [-0.4, -0.2) is 37.2 Å². The Morgan fingerprint density at radius 3 is 2.74 bits per heavy atom. The molecule has 112 valence electrons. The first kappa shape index (κ1) is 15.7. The molecular formula is C13H25BrN2O2S. The number of piperidine rings is 1. The maximum Gasteiger partial charge on any atom is 0.279 e. The van der Waals surface area contributed by atoms with Crippen molar-refractivity contribution in [1.29, 1.82) is 0 Å². The summed E-state index contributed by atoms with van der Waals surface area (Å²) in [6.45, 7) is 4.06. The molecule has 0 bridgehead atoms. The van der Waals surface area contributed by atoms with E-state index in [9.17, 15) is 8.42 Å². The molecule has 4 nitrogen and oxygen atoms in total. The molecule has 1 aliphatic carbocycles. The third-order valence-electron chi connectivity index (χ3n) is 4.23. The molecule has 0 aromatic carbocycles. The molecule has 2 rings (SSSR count). The fourth-order valence-corrected chi connectivity index (χ4v) is 5.39. The molecule has 3 unspecified atom stereocenters. The van der Waals surface area contributed by atoms with E-state index in [1.54, 1.807) is 4.31 Å². The van der Waals surface area contributed by atoms with Crippen LogP contribution in [0.3, 0.4) is 0 Å². The molecule has 0 spiro atoms. The van der Waals surface area contributed by atoms with Crippen molar-refractivity contribution in [3.8, 4) is 0 Å². The van der Waals surface area contributed by atoms with Gasteiger partial charge in [-0.15, -0.1) is 0 Å². The van der Waals surface area contributed by atoms with E-state index in [-0.39, 0.29) is 0 Å². The molecule has 6 heteroatoms. The molecule has 1 aliphatic heterocycles. The second kappa shape index (κ2) is 6.87. The number of hydrogen-bond donors (Lipinski definition) is 1. The number of nitrogens with zero attached hydrogens (tertiary/aromatic N) is 1. The molecule has 0 radical (unpaired) electrons. The minimum Gasteiger partial charge on any atom is -0.202 e. The van der Waals surface area contributed by atoms with E-state index in [1.165, 1.54) is 12.8 Å². The minimum atomic E-state index is -3.27. The lowest BCUT2D eigenvalue weighted by atomic mass is 9.89. The van der Waals surface area contributed by atoms with Crippen LogP contribution in [0.1, 0.15) is 45.4 Å². The van der Waals surface area contributed by atoms with Gasteiger partial charge in [0.15, 0.2) is 0 Å². The fraction of sp³-hybridized carbons (Fsp3) is 1.00. The number of hydrogen-bond acceptors (Lipinski definition) is 2. The van der Waals surface area contributed by atoms with Crippen molar-refractivity contribution in [2.24, 2.45) is 11.8 Å². The molecule has 1 N–H and O–H groups in total. The molecule has 2 fully saturated rings. The van der Waals surface area contributed by atoms with E-state index in [0.717, 1.165) is 25.7 Å². The predicted molar refractivity (Wildman–Crippen MR) is 81.6 cm³/mol. The zero-order chi connectivity index (χ0) is 13.9. The van der Waals surface area contributed by atoms with Gasteiger partial charge < -0.3 is 0 Å². The van der Waals surface area contributed by atoms with E-state index in [0.29, 0.717) is 36.3 Å². The molecule has 0 aromatic rings. The van der Waals surface area contributed by atoms with Crippen LogP contribution < -0.4 is 4.72 Å². The fourth-order valence-electron chi connectivity index (χ4n) is 3.09. The van der Waals surface area contributed by atoms with Gasteiger partial charge in [0, 0.05) is 24.5 Å². The summed E-state index contributed by atoms with van der Waals surface area (Å²) >= 11 is 3.65. The first-order valence-electron chi connectivity index (χ1n) is 7.36. The van der Waals surface area contributed by atoms with Gasteiger partial charge in [-0.05, 0) is 43.9 Å². The van der Waals surface area contributed by atoms with Gasteiger partial charge in [0.1, 0.15) is 0 Å². The largest absolute Gasteiger partial charge is 0.279 e. The van der Waals surface area contributed by atoms with Crippen molar-refractivity contribution >= 4 is 26.1 Å². The standard InChI is InChI=1S/C13H25BrN2O2S/c1-11-4-3-7-16(10-11)19(17,18)15-9-12-5-2-6-13(14)8-12/h11-13,15H,2-10H2,1H3. The van der Waals surface area contributed by atoms with E-state index >= 15 is 0 Å². The predicted octanol–water partition coefficient (Wildman–Crippen LogP) is 2.51. The van der Waals surface area contributed by atoms with Gasteiger partial charge >= 0.3 is 0 Å². The first-order valence-corrected chi connectivity index (χ1v) is 9.72. The van der Waals surface area contributed by atoms with Crippen molar-refractivity contribution in [2.75, 3.05) is 19.6 Å². The van der Waals surface area contributed by atoms with Crippen LogP contribution in [0.15, 0.2) is 0 Å². The van der Waals surface area contributed by atoms with E-state index in [1.807, 2.05) is 0 Å². The summed E-state index contributed by atoms with van der Waals surface area (Å²) < 4.78 is 29.0. The van der Waals surface area contributed by atoms with Crippen LogP contribution in [0.25, 0.3) is 0 Å². The second-order valence-electron chi connectivity index (χ2n) is 6.09.